The topological polar surface area (TPSA) is 70.6 Å². The number of likely N-dealkylation sites (N-methyl/N-ethyl adjacent to an activating group) is 1. The first-order valence-corrected chi connectivity index (χ1v) is 11.8. The van der Waals surface area contributed by atoms with Crippen LogP contribution in [0.1, 0.15) is 53.2 Å². The summed E-state index contributed by atoms with van der Waals surface area (Å²) in [6.45, 7) is 3.79. The van der Waals surface area contributed by atoms with E-state index in [0.29, 0.717) is 25.2 Å². The first kappa shape index (κ1) is 21.5. The second kappa shape index (κ2) is 9.05. The number of amides is 1. The minimum absolute atomic E-state index is 0.0428. The molecule has 2 aromatic rings. The average Bonchev–Trinajstić information content (AvgIpc) is 2.73. The van der Waals surface area contributed by atoms with Crippen molar-refractivity contribution in [2.24, 2.45) is 0 Å². The van der Waals surface area contributed by atoms with Gasteiger partial charge in [-0.15, -0.1) is 0 Å². The average molecular weight is 416 g/mol. The molecule has 0 radical (unpaired) electrons. The van der Waals surface area contributed by atoms with Crippen molar-refractivity contribution in [3.05, 3.63) is 65.5 Å². The zero-order valence-corrected chi connectivity index (χ0v) is 18.1. The molecule has 1 aromatic carbocycles. The predicted molar refractivity (Wildman–Crippen MR) is 114 cm³/mol. The molecule has 0 bridgehead atoms. The van der Waals surface area contributed by atoms with Crippen molar-refractivity contribution < 1.29 is 13.2 Å². The Hall–Kier alpha value is -2.25. The van der Waals surface area contributed by atoms with Gasteiger partial charge in [-0.05, 0) is 36.5 Å². The number of carbonyl (C=O) groups excluding carboxylic acids is 1. The Morgan fingerprint density at radius 2 is 1.83 bits per heavy atom. The number of nitrogens with zero attached hydrogens (tertiary/aromatic N) is 3. The molecular formula is C22H29N3O3S. The molecule has 0 aliphatic carbocycles. The van der Waals surface area contributed by atoms with Gasteiger partial charge in [-0.3, -0.25) is 9.78 Å². The molecule has 156 valence electrons. The summed E-state index contributed by atoms with van der Waals surface area (Å²) in [4.78, 5) is 19.0. The minimum Gasteiger partial charge on any atom is -0.341 e. The van der Waals surface area contributed by atoms with Crippen LogP contribution in [0.3, 0.4) is 0 Å². The molecule has 1 aliphatic rings. The summed E-state index contributed by atoms with van der Waals surface area (Å²) in [5.74, 6) is 0.434. The van der Waals surface area contributed by atoms with E-state index in [1.165, 1.54) is 16.1 Å². The summed E-state index contributed by atoms with van der Waals surface area (Å²) in [6, 6.07) is 13.9. The summed E-state index contributed by atoms with van der Waals surface area (Å²) >= 11 is 0. The van der Waals surface area contributed by atoms with Crippen molar-refractivity contribution >= 4 is 15.9 Å². The van der Waals surface area contributed by atoms with Crippen LogP contribution in [0.15, 0.2) is 48.7 Å². The van der Waals surface area contributed by atoms with Crippen LogP contribution in [0.4, 0.5) is 0 Å². The first-order chi connectivity index (χ1) is 13.8. The molecule has 0 saturated carbocycles. The second-order valence-corrected chi connectivity index (χ2v) is 9.89. The number of rotatable bonds is 6. The van der Waals surface area contributed by atoms with Crippen molar-refractivity contribution in [1.29, 1.82) is 0 Å². The highest BCUT2D eigenvalue weighted by molar-refractivity contribution is 7.88. The van der Waals surface area contributed by atoms with Crippen LogP contribution in [0, 0.1) is 0 Å². The maximum atomic E-state index is 12.8. The summed E-state index contributed by atoms with van der Waals surface area (Å²) in [5, 5.41) is 0. The number of pyridine rings is 1. The Balaban J connectivity index is 1.59. The highest BCUT2D eigenvalue weighted by Gasteiger charge is 2.26. The van der Waals surface area contributed by atoms with Gasteiger partial charge in [0.2, 0.25) is 10.0 Å². The van der Waals surface area contributed by atoms with Crippen molar-refractivity contribution in [1.82, 2.24) is 14.2 Å². The van der Waals surface area contributed by atoms with E-state index in [2.05, 4.69) is 24.0 Å². The van der Waals surface area contributed by atoms with E-state index in [1.54, 1.807) is 11.1 Å². The third-order valence-corrected chi connectivity index (χ3v) is 6.94. The Kier molecular flexibility index (Phi) is 6.70. The van der Waals surface area contributed by atoms with E-state index in [1.807, 2.05) is 37.4 Å². The van der Waals surface area contributed by atoms with Gasteiger partial charge >= 0.3 is 0 Å². The maximum Gasteiger partial charge on any atom is 0.255 e. The number of sulfonamides is 1. The number of piperidine rings is 1. The van der Waals surface area contributed by atoms with Gasteiger partial charge in [0.1, 0.15) is 0 Å². The Morgan fingerprint density at radius 3 is 2.38 bits per heavy atom. The molecule has 1 atom stereocenters. The van der Waals surface area contributed by atoms with Gasteiger partial charge in [0, 0.05) is 44.5 Å². The minimum atomic E-state index is -3.13. The van der Waals surface area contributed by atoms with E-state index < -0.39 is 10.0 Å². The first-order valence-electron chi connectivity index (χ1n) is 9.97. The van der Waals surface area contributed by atoms with E-state index in [0.717, 1.165) is 18.5 Å². The van der Waals surface area contributed by atoms with Gasteiger partial charge in [0.05, 0.1) is 11.8 Å². The molecule has 1 fully saturated rings. The molecule has 1 aromatic heterocycles. The monoisotopic (exact) mass is 415 g/mol. The Morgan fingerprint density at radius 1 is 1.17 bits per heavy atom. The Bertz CT molecular complexity index is 922. The molecule has 0 spiro atoms. The van der Waals surface area contributed by atoms with Crippen molar-refractivity contribution in [3.8, 4) is 0 Å². The number of carbonyl (C=O) groups is 1. The van der Waals surface area contributed by atoms with Crippen molar-refractivity contribution in [2.75, 3.05) is 32.9 Å². The third kappa shape index (κ3) is 5.42. The van der Waals surface area contributed by atoms with Crippen LogP contribution in [0.2, 0.25) is 0 Å². The molecule has 7 heteroatoms. The predicted octanol–water partition coefficient (Wildman–Crippen LogP) is 3.10. The normalized spacial score (nSPS) is 17.1. The lowest BCUT2D eigenvalue weighted by Gasteiger charge is -2.30. The quantitative estimate of drug-likeness (QED) is 0.727. The van der Waals surface area contributed by atoms with Crippen LogP contribution in [-0.4, -0.2) is 61.5 Å². The van der Waals surface area contributed by atoms with Crippen LogP contribution in [0.25, 0.3) is 0 Å². The largest absolute Gasteiger partial charge is 0.341 e. The summed E-state index contributed by atoms with van der Waals surface area (Å²) in [7, 11) is -1.31. The van der Waals surface area contributed by atoms with Gasteiger partial charge in [0.25, 0.3) is 5.91 Å². The molecule has 6 nitrogen and oxygen atoms in total. The number of hydrogen-bond acceptors (Lipinski definition) is 4. The fourth-order valence-corrected chi connectivity index (χ4v) is 4.73. The Labute approximate surface area is 173 Å². The number of hydrogen-bond donors (Lipinski definition) is 0. The summed E-state index contributed by atoms with van der Waals surface area (Å²) < 4.78 is 24.8. The standard InChI is InChI=1S/C22H29N3O3S/c1-17(18-7-5-4-6-8-18)16-24(2)22(26)20-9-10-21(23-15-20)19-11-13-25(14-12-19)29(3,27)28/h4-10,15,17,19H,11-14,16H2,1-3H3/t17-/m0/s1. The molecule has 0 N–H and O–H groups in total. The van der Waals surface area contributed by atoms with Gasteiger partial charge in [0.15, 0.2) is 0 Å². The third-order valence-electron chi connectivity index (χ3n) is 5.64. The molecule has 1 aliphatic heterocycles. The number of benzene rings is 1. The zero-order chi connectivity index (χ0) is 21.0. The van der Waals surface area contributed by atoms with E-state index in [4.69, 9.17) is 0 Å². The lowest BCUT2D eigenvalue weighted by atomic mass is 9.94. The lowest BCUT2D eigenvalue weighted by molar-refractivity contribution is 0.0787. The van der Waals surface area contributed by atoms with Crippen LogP contribution < -0.4 is 0 Å². The molecule has 2 heterocycles. The molecule has 0 unspecified atom stereocenters. The molecular weight excluding hydrogens is 386 g/mol. The highest BCUT2D eigenvalue weighted by Crippen LogP contribution is 2.27. The fourth-order valence-electron chi connectivity index (χ4n) is 3.86. The van der Waals surface area contributed by atoms with Crippen LogP contribution >= 0.6 is 0 Å². The molecule has 29 heavy (non-hydrogen) atoms. The van der Waals surface area contributed by atoms with Crippen molar-refractivity contribution in [2.45, 2.75) is 31.6 Å². The van der Waals surface area contributed by atoms with Gasteiger partial charge in [-0.2, -0.15) is 0 Å². The lowest BCUT2D eigenvalue weighted by Crippen LogP contribution is -2.37. The SMILES string of the molecule is C[C@@H](CN(C)C(=O)c1ccc(C2CCN(S(C)(=O)=O)CC2)nc1)c1ccccc1. The second-order valence-electron chi connectivity index (χ2n) is 7.91. The van der Waals surface area contributed by atoms with E-state index in [9.17, 15) is 13.2 Å². The van der Waals surface area contributed by atoms with Crippen molar-refractivity contribution in [3.63, 3.8) is 0 Å². The fraction of sp³-hybridized carbons (Fsp3) is 0.455. The van der Waals surface area contributed by atoms with Gasteiger partial charge in [-0.25, -0.2) is 12.7 Å². The highest BCUT2D eigenvalue weighted by atomic mass is 32.2. The maximum absolute atomic E-state index is 12.8. The van der Waals surface area contributed by atoms with E-state index >= 15 is 0 Å². The molecule has 3 rings (SSSR count). The zero-order valence-electron chi connectivity index (χ0n) is 17.3. The molecule has 1 amide bonds. The van der Waals surface area contributed by atoms with Crippen LogP contribution in [-0.2, 0) is 10.0 Å². The van der Waals surface area contributed by atoms with Crippen LogP contribution in [0.5, 0.6) is 0 Å². The number of aromatic nitrogens is 1. The van der Waals surface area contributed by atoms with E-state index in [-0.39, 0.29) is 17.7 Å². The summed E-state index contributed by atoms with van der Waals surface area (Å²) in [5.41, 5.74) is 2.71. The van der Waals surface area contributed by atoms with Gasteiger partial charge < -0.3 is 4.90 Å². The smallest absolute Gasteiger partial charge is 0.255 e. The molecule has 1 saturated heterocycles. The van der Waals surface area contributed by atoms with Gasteiger partial charge in [-0.1, -0.05) is 37.3 Å². The summed E-state index contributed by atoms with van der Waals surface area (Å²) in [6.07, 6.45) is 4.40.